The van der Waals surface area contributed by atoms with E-state index in [-0.39, 0.29) is 40.8 Å². The number of aliphatic hydroxyl groups excluding tert-OH is 1. The number of rotatable bonds is 9. The summed E-state index contributed by atoms with van der Waals surface area (Å²) in [5.74, 6) is 3.03. The molecule has 0 unspecified atom stereocenters. The Morgan fingerprint density at radius 2 is 1.73 bits per heavy atom. The third-order valence-electron chi connectivity index (χ3n) is 11.9. The van der Waals surface area contributed by atoms with E-state index in [9.17, 15) is 14.7 Å². The molecule has 8 rings (SSSR count). The monoisotopic (exact) mass is 670 g/mol. The van der Waals surface area contributed by atoms with Crippen molar-refractivity contribution in [2.24, 2.45) is 11.3 Å². The van der Waals surface area contributed by atoms with Crippen LogP contribution in [0.2, 0.25) is 0 Å². The van der Waals surface area contributed by atoms with Crippen LogP contribution in [0.5, 0.6) is 5.75 Å². The molecule has 4 saturated carbocycles. The number of pyridine rings is 1. The van der Waals surface area contributed by atoms with Crippen LogP contribution in [0, 0.1) is 18.3 Å². The first-order valence-electron chi connectivity index (χ1n) is 18.1. The Balaban J connectivity index is 1.10. The van der Waals surface area contributed by atoms with Gasteiger partial charge in [-0.3, -0.25) is 9.69 Å². The van der Waals surface area contributed by atoms with E-state index >= 15 is 0 Å². The summed E-state index contributed by atoms with van der Waals surface area (Å²) in [5.41, 5.74) is 3.65. The van der Waals surface area contributed by atoms with E-state index in [1.54, 1.807) is 19.5 Å². The summed E-state index contributed by atoms with van der Waals surface area (Å²) in [4.78, 5) is 39.8. The van der Waals surface area contributed by atoms with Gasteiger partial charge in [-0.1, -0.05) is 26.0 Å². The Hall–Kier alpha value is -3.92. The minimum Gasteiger partial charge on any atom is -0.496 e. The van der Waals surface area contributed by atoms with E-state index in [1.165, 1.54) is 16.0 Å². The number of aromatic nitrogens is 2. The molecular weight excluding hydrogens is 620 g/mol. The number of fused-ring (bicyclic) bond motifs is 3. The Kier molecular flexibility index (Phi) is 9.19. The number of β-amino-alcohol motifs (C(OH)–C–C–N with tert-alkyl or cyclic N) is 1. The van der Waals surface area contributed by atoms with E-state index in [2.05, 4.69) is 44.0 Å². The van der Waals surface area contributed by atoms with Gasteiger partial charge in [-0.05, 0) is 111 Å². The van der Waals surface area contributed by atoms with Crippen molar-refractivity contribution in [3.8, 4) is 17.1 Å². The SMILES string of the molecule is COc1ccc(C23CCC(CN(C(=O)C4CCC(OC(=O)N5CC(O)C5)CC4)c4cc(-c5cnc(C(C)C)o5)ccn4)(CC2)CC3)cc1C. The summed E-state index contributed by atoms with van der Waals surface area (Å²) in [6.45, 7) is 7.51. The normalized spacial score (nSPS) is 26.8. The highest BCUT2D eigenvalue weighted by molar-refractivity contribution is 5.94. The number of methoxy groups -OCH3 is 1. The molecule has 2 aromatic heterocycles. The lowest BCUT2D eigenvalue weighted by Gasteiger charge is -2.55. The van der Waals surface area contributed by atoms with Crippen molar-refractivity contribution in [1.82, 2.24) is 14.9 Å². The molecule has 0 atom stereocenters. The maximum Gasteiger partial charge on any atom is 0.410 e. The molecule has 0 radical (unpaired) electrons. The van der Waals surface area contributed by atoms with Crippen LogP contribution in [-0.2, 0) is 14.9 Å². The van der Waals surface area contributed by atoms with Gasteiger partial charge in [-0.25, -0.2) is 14.8 Å². The number of amides is 2. The van der Waals surface area contributed by atoms with Gasteiger partial charge in [0.2, 0.25) is 5.91 Å². The van der Waals surface area contributed by atoms with Crippen molar-refractivity contribution in [3.05, 3.63) is 59.7 Å². The van der Waals surface area contributed by atoms with Gasteiger partial charge in [0, 0.05) is 30.1 Å². The van der Waals surface area contributed by atoms with Crippen LogP contribution in [0.15, 0.2) is 47.1 Å². The van der Waals surface area contributed by atoms with Crippen molar-refractivity contribution in [2.75, 3.05) is 31.6 Å². The third kappa shape index (κ3) is 6.68. The van der Waals surface area contributed by atoms with Crippen LogP contribution in [0.3, 0.4) is 0 Å². The lowest BCUT2D eigenvalue weighted by atomic mass is 9.51. The number of likely N-dealkylation sites (tertiary alicyclic amines) is 1. The van der Waals surface area contributed by atoms with E-state index in [1.807, 2.05) is 17.0 Å². The summed E-state index contributed by atoms with van der Waals surface area (Å²) in [7, 11) is 1.73. The number of ether oxygens (including phenoxy) is 2. The van der Waals surface area contributed by atoms with Crippen LogP contribution in [-0.4, -0.2) is 70.9 Å². The number of aliphatic hydroxyl groups is 1. The van der Waals surface area contributed by atoms with Gasteiger partial charge in [-0.15, -0.1) is 0 Å². The molecule has 1 N–H and O–H groups in total. The Bertz CT molecular complexity index is 1650. The molecule has 3 heterocycles. The predicted molar refractivity (Wildman–Crippen MR) is 186 cm³/mol. The van der Waals surface area contributed by atoms with Gasteiger partial charge in [0.05, 0.1) is 32.5 Å². The van der Waals surface area contributed by atoms with Crippen LogP contribution in [0.25, 0.3) is 11.3 Å². The smallest absolute Gasteiger partial charge is 0.410 e. The molecule has 1 aromatic carbocycles. The van der Waals surface area contributed by atoms with E-state index in [0.29, 0.717) is 62.8 Å². The average molecular weight is 671 g/mol. The first-order valence-corrected chi connectivity index (χ1v) is 18.1. The molecule has 1 aliphatic heterocycles. The zero-order valence-corrected chi connectivity index (χ0v) is 29.3. The summed E-state index contributed by atoms with van der Waals surface area (Å²) in [6.07, 6.45) is 11.6. The molecule has 49 heavy (non-hydrogen) atoms. The predicted octanol–water partition coefficient (Wildman–Crippen LogP) is 7.17. The lowest BCUT2D eigenvalue weighted by molar-refractivity contribution is -0.124. The highest BCUT2D eigenvalue weighted by atomic mass is 16.6. The number of anilines is 1. The zero-order chi connectivity index (χ0) is 34.3. The van der Waals surface area contributed by atoms with Crippen molar-refractivity contribution in [3.63, 3.8) is 0 Å². The molecule has 262 valence electrons. The second kappa shape index (κ2) is 13.4. The minimum atomic E-state index is -0.462. The quantitative estimate of drug-likeness (QED) is 0.255. The van der Waals surface area contributed by atoms with E-state index < -0.39 is 6.10 Å². The first kappa shape index (κ1) is 33.6. The van der Waals surface area contributed by atoms with Gasteiger partial charge < -0.3 is 23.9 Å². The zero-order valence-electron chi connectivity index (χ0n) is 29.3. The molecule has 10 nitrogen and oxygen atoms in total. The van der Waals surface area contributed by atoms with Crippen molar-refractivity contribution in [1.29, 1.82) is 0 Å². The van der Waals surface area contributed by atoms with Gasteiger partial charge in [0.25, 0.3) is 0 Å². The molecule has 2 bridgehead atoms. The lowest BCUT2D eigenvalue weighted by Crippen LogP contribution is -2.54. The molecule has 4 aliphatic carbocycles. The number of oxazole rings is 1. The van der Waals surface area contributed by atoms with E-state index in [4.69, 9.17) is 18.9 Å². The van der Waals surface area contributed by atoms with Crippen molar-refractivity contribution in [2.45, 2.75) is 109 Å². The standard InChI is InChI=1S/C39H50N4O6/c1-25(2)35-41-21-33(49-35)28-11-18-40-34(20-28)43(36(45)27-5-8-31(9-6-27)48-37(46)42-22-30(44)23-42)24-38-12-15-39(16-13-38,17-14-38)29-7-10-32(47-4)26(3)19-29/h7,10-11,18-21,25,27,30-31,44H,5-6,8-9,12-17,22-24H2,1-4H3. The topological polar surface area (TPSA) is 118 Å². The number of carbonyl (C=O) groups is 2. The van der Waals surface area contributed by atoms with Gasteiger partial charge in [0.1, 0.15) is 17.7 Å². The fourth-order valence-electron chi connectivity index (χ4n) is 8.63. The highest BCUT2D eigenvalue weighted by Crippen LogP contribution is 2.58. The van der Waals surface area contributed by atoms with Gasteiger partial charge in [-0.2, -0.15) is 0 Å². The minimum absolute atomic E-state index is 0.0299. The fourth-order valence-corrected chi connectivity index (χ4v) is 8.63. The molecule has 10 heteroatoms. The van der Waals surface area contributed by atoms with Crippen molar-refractivity contribution >= 4 is 17.8 Å². The largest absolute Gasteiger partial charge is 0.496 e. The maximum absolute atomic E-state index is 14.6. The Labute approximate surface area is 289 Å². The third-order valence-corrected chi connectivity index (χ3v) is 11.9. The first-order chi connectivity index (χ1) is 23.6. The summed E-state index contributed by atoms with van der Waals surface area (Å²) < 4.78 is 17.4. The number of hydrogen-bond donors (Lipinski definition) is 1. The molecule has 2 amide bonds. The van der Waals surface area contributed by atoms with Crippen LogP contribution >= 0.6 is 0 Å². The van der Waals surface area contributed by atoms with Crippen molar-refractivity contribution < 1.29 is 28.6 Å². The number of hydrogen-bond acceptors (Lipinski definition) is 8. The highest BCUT2D eigenvalue weighted by Gasteiger charge is 2.51. The molecule has 0 spiro atoms. The van der Waals surface area contributed by atoms with Crippen LogP contribution in [0.4, 0.5) is 10.6 Å². The summed E-state index contributed by atoms with van der Waals surface area (Å²) in [6, 6.07) is 10.6. The second-order valence-corrected chi connectivity index (χ2v) is 15.4. The Morgan fingerprint density at radius 1 is 1.02 bits per heavy atom. The number of nitrogens with zero attached hydrogens (tertiary/aromatic N) is 4. The molecule has 1 saturated heterocycles. The number of carbonyl (C=O) groups excluding carboxylic acids is 2. The fraction of sp³-hybridized carbons (Fsp3) is 0.590. The molecular formula is C39H50N4O6. The number of aryl methyl sites for hydroxylation is 1. The van der Waals surface area contributed by atoms with Crippen LogP contribution in [0.1, 0.15) is 101 Å². The number of benzene rings is 1. The summed E-state index contributed by atoms with van der Waals surface area (Å²) >= 11 is 0. The molecule has 5 fully saturated rings. The maximum atomic E-state index is 14.6. The van der Waals surface area contributed by atoms with Crippen LogP contribution < -0.4 is 9.64 Å². The second-order valence-electron chi connectivity index (χ2n) is 15.4. The average Bonchev–Trinajstić information content (AvgIpc) is 3.61. The molecule has 3 aromatic rings. The van der Waals surface area contributed by atoms with E-state index in [0.717, 1.165) is 49.8 Å². The van der Waals surface area contributed by atoms with Gasteiger partial charge in [0.15, 0.2) is 11.7 Å². The molecule has 5 aliphatic rings. The summed E-state index contributed by atoms with van der Waals surface area (Å²) in [5, 5.41) is 9.56. The Morgan fingerprint density at radius 3 is 2.35 bits per heavy atom. The van der Waals surface area contributed by atoms with Gasteiger partial charge >= 0.3 is 6.09 Å².